The minimum absolute atomic E-state index is 0.743. The second-order valence-corrected chi connectivity index (χ2v) is 6.66. The highest BCUT2D eigenvalue weighted by molar-refractivity contribution is 7.80. The van der Waals surface area contributed by atoms with Gasteiger partial charge in [-0.1, -0.05) is 12.1 Å². The van der Waals surface area contributed by atoms with E-state index in [9.17, 15) is 0 Å². The Balaban J connectivity index is 1.41. The zero-order valence-corrected chi connectivity index (χ0v) is 15.4. The van der Waals surface area contributed by atoms with Gasteiger partial charge in [0, 0.05) is 24.5 Å². The maximum absolute atomic E-state index is 5.56. The molecular formula is C19H25N4OS+. The van der Waals surface area contributed by atoms with Gasteiger partial charge < -0.3 is 19.9 Å². The zero-order valence-electron chi connectivity index (χ0n) is 14.6. The fourth-order valence-electron chi connectivity index (χ4n) is 3.02. The van der Waals surface area contributed by atoms with Gasteiger partial charge in [-0.25, -0.2) is 0 Å². The van der Waals surface area contributed by atoms with Crippen molar-refractivity contribution in [1.29, 1.82) is 0 Å². The summed E-state index contributed by atoms with van der Waals surface area (Å²) in [7, 11) is 1.68. The third-order valence-corrected chi connectivity index (χ3v) is 4.97. The lowest BCUT2D eigenvalue weighted by molar-refractivity contribution is -0.917. The molecule has 0 atom stereocenters. The highest BCUT2D eigenvalue weighted by Gasteiger charge is 2.21. The van der Waals surface area contributed by atoms with Crippen LogP contribution in [0.25, 0.3) is 0 Å². The quantitative estimate of drug-likeness (QED) is 0.777. The first-order chi connectivity index (χ1) is 12.2. The number of methoxy groups -OCH3 is 1. The van der Waals surface area contributed by atoms with E-state index in [4.69, 9.17) is 17.0 Å². The number of benzene rings is 1. The molecule has 0 bridgehead atoms. The molecule has 0 unspecified atom stereocenters. The number of hydrogen-bond donors (Lipinski definition) is 2. The van der Waals surface area contributed by atoms with Crippen LogP contribution in [0.5, 0.6) is 5.75 Å². The average Bonchev–Trinajstić information content (AvgIpc) is 2.68. The fourth-order valence-corrected chi connectivity index (χ4v) is 3.28. The number of rotatable bonds is 5. The Morgan fingerprint density at radius 3 is 2.44 bits per heavy atom. The largest absolute Gasteiger partial charge is 0.497 e. The van der Waals surface area contributed by atoms with E-state index < -0.39 is 0 Å². The van der Waals surface area contributed by atoms with Crippen molar-refractivity contribution >= 4 is 17.3 Å². The van der Waals surface area contributed by atoms with Gasteiger partial charge in [0.15, 0.2) is 5.11 Å². The molecule has 2 aromatic rings. The van der Waals surface area contributed by atoms with Gasteiger partial charge in [0.1, 0.15) is 12.3 Å². The lowest BCUT2D eigenvalue weighted by Crippen LogP contribution is -3.13. The van der Waals surface area contributed by atoms with E-state index in [1.807, 2.05) is 24.5 Å². The molecule has 2 heterocycles. The van der Waals surface area contributed by atoms with Crippen molar-refractivity contribution in [3.8, 4) is 5.75 Å². The molecule has 1 aliphatic rings. The van der Waals surface area contributed by atoms with Crippen LogP contribution in [0.1, 0.15) is 11.1 Å². The van der Waals surface area contributed by atoms with Crippen molar-refractivity contribution in [3.05, 3.63) is 59.9 Å². The summed E-state index contributed by atoms with van der Waals surface area (Å²) in [5.41, 5.74) is 2.55. The molecule has 1 fully saturated rings. The number of piperazine rings is 1. The van der Waals surface area contributed by atoms with Crippen molar-refractivity contribution < 1.29 is 9.64 Å². The van der Waals surface area contributed by atoms with Gasteiger partial charge in [-0.15, -0.1) is 0 Å². The third kappa shape index (κ3) is 5.14. The van der Waals surface area contributed by atoms with Crippen LogP contribution in [0, 0.1) is 0 Å². The summed E-state index contributed by atoms with van der Waals surface area (Å²) < 4.78 is 5.18. The summed E-state index contributed by atoms with van der Waals surface area (Å²) in [5, 5.41) is 4.22. The normalized spacial score (nSPS) is 15.0. The third-order valence-electron chi connectivity index (χ3n) is 4.56. The Kier molecular flexibility index (Phi) is 6.19. The molecule has 5 nitrogen and oxygen atoms in total. The number of quaternary nitrogens is 1. The van der Waals surface area contributed by atoms with Gasteiger partial charge >= 0.3 is 0 Å². The van der Waals surface area contributed by atoms with E-state index in [-0.39, 0.29) is 0 Å². The maximum Gasteiger partial charge on any atom is 0.169 e. The number of nitrogens with zero attached hydrogens (tertiary/aromatic N) is 2. The summed E-state index contributed by atoms with van der Waals surface area (Å²) in [6.45, 7) is 6.00. The minimum Gasteiger partial charge on any atom is -0.497 e. The van der Waals surface area contributed by atoms with E-state index in [1.165, 1.54) is 11.1 Å². The molecule has 2 N–H and O–H groups in total. The van der Waals surface area contributed by atoms with Crippen molar-refractivity contribution in [1.82, 2.24) is 15.2 Å². The minimum atomic E-state index is 0.743. The zero-order chi connectivity index (χ0) is 17.5. The molecule has 1 aromatic heterocycles. The molecule has 0 spiro atoms. The topological polar surface area (TPSA) is 41.8 Å². The van der Waals surface area contributed by atoms with Crippen molar-refractivity contribution in [3.63, 3.8) is 0 Å². The van der Waals surface area contributed by atoms with E-state index in [1.54, 1.807) is 12.0 Å². The van der Waals surface area contributed by atoms with Crippen LogP contribution in [0.2, 0.25) is 0 Å². The highest BCUT2D eigenvalue weighted by Crippen LogP contribution is 2.11. The Morgan fingerprint density at radius 1 is 1.12 bits per heavy atom. The van der Waals surface area contributed by atoms with Crippen molar-refractivity contribution in [2.24, 2.45) is 0 Å². The van der Waals surface area contributed by atoms with Gasteiger partial charge in [-0.2, -0.15) is 0 Å². The SMILES string of the molecule is COc1ccc(CNC(=S)N2CC[NH+](Cc3ccncc3)CC2)cc1. The summed E-state index contributed by atoms with van der Waals surface area (Å²) in [5.74, 6) is 0.875. The van der Waals surface area contributed by atoms with Crippen LogP contribution in [0.15, 0.2) is 48.8 Å². The second kappa shape index (κ2) is 8.78. The molecule has 1 aliphatic heterocycles. The summed E-state index contributed by atoms with van der Waals surface area (Å²) >= 11 is 5.56. The number of ether oxygens (including phenoxy) is 1. The van der Waals surface area contributed by atoms with Gasteiger partial charge in [0.05, 0.1) is 33.3 Å². The Morgan fingerprint density at radius 2 is 1.80 bits per heavy atom. The summed E-state index contributed by atoms with van der Waals surface area (Å²) in [4.78, 5) is 7.95. The van der Waals surface area contributed by atoms with Crippen LogP contribution in [0.4, 0.5) is 0 Å². The number of pyridine rings is 1. The number of hydrogen-bond acceptors (Lipinski definition) is 3. The Labute approximate surface area is 154 Å². The first kappa shape index (κ1) is 17.6. The van der Waals surface area contributed by atoms with Gasteiger partial charge in [-0.05, 0) is 42.0 Å². The molecule has 3 rings (SSSR count). The first-order valence-electron chi connectivity index (χ1n) is 8.63. The maximum atomic E-state index is 5.56. The Hall–Kier alpha value is -2.18. The smallest absolute Gasteiger partial charge is 0.169 e. The molecule has 132 valence electrons. The molecule has 1 saturated heterocycles. The van der Waals surface area contributed by atoms with Gasteiger partial charge in [-0.3, -0.25) is 4.98 Å². The van der Waals surface area contributed by atoms with Crippen LogP contribution in [-0.4, -0.2) is 48.3 Å². The predicted octanol–water partition coefficient (Wildman–Crippen LogP) is 0.865. The molecule has 6 heteroatoms. The van der Waals surface area contributed by atoms with Crippen LogP contribution >= 0.6 is 12.2 Å². The van der Waals surface area contributed by atoms with Crippen LogP contribution in [0.3, 0.4) is 0 Å². The molecule has 0 radical (unpaired) electrons. The van der Waals surface area contributed by atoms with E-state index in [2.05, 4.69) is 39.5 Å². The average molecular weight is 358 g/mol. The Bertz CT molecular complexity index is 670. The van der Waals surface area contributed by atoms with Crippen molar-refractivity contribution in [2.45, 2.75) is 13.1 Å². The van der Waals surface area contributed by atoms with E-state index in [0.717, 1.165) is 50.1 Å². The second-order valence-electron chi connectivity index (χ2n) is 6.28. The standard InChI is InChI=1S/C19H24N4OS/c1-24-18-4-2-16(3-5-18)14-21-19(25)23-12-10-22(11-13-23)15-17-6-8-20-9-7-17/h2-9H,10-15H2,1H3,(H,21,25)/p+1. The number of nitrogens with one attached hydrogen (secondary N) is 2. The van der Waals surface area contributed by atoms with E-state index in [0.29, 0.717) is 0 Å². The van der Waals surface area contributed by atoms with Gasteiger partial charge in [0.25, 0.3) is 0 Å². The molecule has 0 aliphatic carbocycles. The van der Waals surface area contributed by atoms with Crippen LogP contribution < -0.4 is 15.0 Å². The number of thiocarbonyl (C=S) groups is 1. The predicted molar refractivity (Wildman–Crippen MR) is 103 cm³/mol. The molecule has 0 amide bonds. The first-order valence-corrected chi connectivity index (χ1v) is 9.03. The summed E-state index contributed by atoms with van der Waals surface area (Å²) in [6.07, 6.45) is 3.73. The summed E-state index contributed by atoms with van der Waals surface area (Å²) in [6, 6.07) is 12.3. The van der Waals surface area contributed by atoms with Crippen molar-refractivity contribution in [2.75, 3.05) is 33.3 Å². The molecule has 1 aromatic carbocycles. The monoisotopic (exact) mass is 357 g/mol. The van der Waals surface area contributed by atoms with Gasteiger partial charge in [0.2, 0.25) is 0 Å². The molecular weight excluding hydrogens is 332 g/mol. The molecule has 0 saturated carbocycles. The molecule has 25 heavy (non-hydrogen) atoms. The number of aromatic nitrogens is 1. The lowest BCUT2D eigenvalue weighted by Gasteiger charge is -2.34. The fraction of sp³-hybridized carbons (Fsp3) is 0.368. The lowest BCUT2D eigenvalue weighted by atomic mass is 10.2. The van der Waals surface area contributed by atoms with E-state index >= 15 is 0 Å². The van der Waals surface area contributed by atoms with Crippen LogP contribution in [-0.2, 0) is 13.1 Å². The highest BCUT2D eigenvalue weighted by atomic mass is 32.1.